The van der Waals surface area contributed by atoms with Gasteiger partial charge in [0.1, 0.15) is 0 Å². The number of nitrogens with one attached hydrogen (secondary N) is 2. The number of rotatable bonds is 9. The number of piperidine rings is 1. The summed E-state index contributed by atoms with van der Waals surface area (Å²) in [7, 11) is 1.82. The van der Waals surface area contributed by atoms with Crippen LogP contribution in [0.1, 0.15) is 49.7 Å². The lowest BCUT2D eigenvalue weighted by Gasteiger charge is -2.26. The van der Waals surface area contributed by atoms with Crippen molar-refractivity contribution in [1.29, 1.82) is 0 Å². The summed E-state index contributed by atoms with van der Waals surface area (Å²) in [6.45, 7) is 7.65. The summed E-state index contributed by atoms with van der Waals surface area (Å²) >= 11 is 0. The van der Waals surface area contributed by atoms with Gasteiger partial charge in [0.2, 0.25) is 0 Å². The summed E-state index contributed by atoms with van der Waals surface area (Å²) in [5.74, 6) is 0.841. The van der Waals surface area contributed by atoms with Gasteiger partial charge in [0, 0.05) is 46.5 Å². The molecule has 2 N–H and O–H groups in total. The van der Waals surface area contributed by atoms with Gasteiger partial charge in [-0.25, -0.2) is 0 Å². The van der Waals surface area contributed by atoms with Crippen molar-refractivity contribution in [2.75, 3.05) is 46.5 Å². The molecule has 2 aliphatic heterocycles. The average Bonchev–Trinajstić information content (AvgIpc) is 2.78. The van der Waals surface area contributed by atoms with E-state index in [4.69, 9.17) is 9.47 Å². The molecule has 0 spiro atoms. The highest BCUT2D eigenvalue weighted by atomic mass is 127. The van der Waals surface area contributed by atoms with Crippen molar-refractivity contribution in [2.45, 2.75) is 57.7 Å². The van der Waals surface area contributed by atoms with Crippen LogP contribution in [-0.2, 0) is 22.6 Å². The van der Waals surface area contributed by atoms with Gasteiger partial charge in [0.15, 0.2) is 5.96 Å². The lowest BCUT2D eigenvalue weighted by atomic mass is 10.1. The van der Waals surface area contributed by atoms with Gasteiger partial charge in [-0.3, -0.25) is 9.89 Å². The fourth-order valence-electron chi connectivity index (χ4n) is 3.92. The predicted octanol–water partition coefficient (Wildman–Crippen LogP) is 3.54. The number of benzene rings is 1. The number of nitrogens with zero attached hydrogens (tertiary/aromatic N) is 2. The summed E-state index contributed by atoms with van der Waals surface area (Å²) < 4.78 is 11.3. The molecule has 0 saturated carbocycles. The van der Waals surface area contributed by atoms with E-state index < -0.39 is 0 Å². The maximum absolute atomic E-state index is 5.91. The SMILES string of the molecule is CN=C(NCCCOC1CCOCC1)NCc1ccc(CN2CCCCC2)cc1.I. The minimum absolute atomic E-state index is 0. The molecule has 2 saturated heterocycles. The monoisotopic (exact) mass is 530 g/mol. The van der Waals surface area contributed by atoms with E-state index in [0.29, 0.717) is 6.10 Å². The van der Waals surface area contributed by atoms with Gasteiger partial charge in [0.25, 0.3) is 0 Å². The largest absolute Gasteiger partial charge is 0.381 e. The molecule has 2 fully saturated rings. The second-order valence-electron chi connectivity index (χ2n) is 8.04. The quantitative estimate of drug-likeness (QED) is 0.222. The fourth-order valence-corrected chi connectivity index (χ4v) is 3.92. The van der Waals surface area contributed by atoms with Gasteiger partial charge in [-0.2, -0.15) is 0 Å². The molecule has 2 heterocycles. The van der Waals surface area contributed by atoms with E-state index in [1.54, 1.807) is 0 Å². The molecule has 30 heavy (non-hydrogen) atoms. The second-order valence-corrected chi connectivity index (χ2v) is 8.04. The number of likely N-dealkylation sites (tertiary alicyclic amines) is 1. The molecule has 0 aromatic heterocycles. The molecule has 3 rings (SSSR count). The van der Waals surface area contributed by atoms with Crippen LogP contribution in [0.2, 0.25) is 0 Å². The van der Waals surface area contributed by atoms with Crippen LogP contribution in [0.5, 0.6) is 0 Å². The Balaban J connectivity index is 0.00000320. The van der Waals surface area contributed by atoms with Crippen molar-refractivity contribution >= 4 is 29.9 Å². The summed E-state index contributed by atoms with van der Waals surface area (Å²) in [5, 5.41) is 6.77. The Labute approximate surface area is 199 Å². The molecule has 1 aromatic rings. The van der Waals surface area contributed by atoms with Crippen LogP contribution in [-0.4, -0.2) is 63.5 Å². The number of aliphatic imine (C=N–C) groups is 1. The first-order valence-corrected chi connectivity index (χ1v) is 11.3. The lowest BCUT2D eigenvalue weighted by Crippen LogP contribution is -2.37. The molecule has 170 valence electrons. The Bertz CT molecular complexity index is 600. The smallest absolute Gasteiger partial charge is 0.191 e. The number of ether oxygens (including phenoxy) is 2. The minimum atomic E-state index is 0. The summed E-state index contributed by atoms with van der Waals surface area (Å²) in [4.78, 5) is 6.88. The molecule has 7 heteroatoms. The average molecular weight is 530 g/mol. The molecule has 0 radical (unpaired) electrons. The van der Waals surface area contributed by atoms with Crippen LogP contribution >= 0.6 is 24.0 Å². The van der Waals surface area contributed by atoms with Crippen LogP contribution in [0.25, 0.3) is 0 Å². The molecule has 0 bridgehead atoms. The zero-order valence-electron chi connectivity index (χ0n) is 18.4. The fraction of sp³-hybridized carbons (Fsp3) is 0.696. The second kappa shape index (κ2) is 15.0. The van der Waals surface area contributed by atoms with E-state index in [1.807, 2.05) is 7.05 Å². The third kappa shape index (κ3) is 9.49. The normalized spacial score (nSPS) is 18.6. The molecule has 0 atom stereocenters. The Morgan fingerprint density at radius 3 is 2.47 bits per heavy atom. The molecule has 2 aliphatic rings. The van der Waals surface area contributed by atoms with Crippen LogP contribution in [0, 0.1) is 0 Å². The highest BCUT2D eigenvalue weighted by Crippen LogP contribution is 2.14. The maximum Gasteiger partial charge on any atom is 0.191 e. The van der Waals surface area contributed by atoms with Gasteiger partial charge in [0.05, 0.1) is 6.10 Å². The molecule has 6 nitrogen and oxygen atoms in total. The topological polar surface area (TPSA) is 58.1 Å². The van der Waals surface area contributed by atoms with E-state index in [1.165, 1.54) is 43.5 Å². The Hall–Kier alpha value is -0.900. The van der Waals surface area contributed by atoms with Crippen molar-refractivity contribution in [3.63, 3.8) is 0 Å². The minimum Gasteiger partial charge on any atom is -0.381 e. The zero-order chi connectivity index (χ0) is 20.2. The molecular formula is C23H39IN4O2. The van der Waals surface area contributed by atoms with Gasteiger partial charge >= 0.3 is 0 Å². The number of guanidine groups is 1. The van der Waals surface area contributed by atoms with Crippen molar-refractivity contribution in [3.8, 4) is 0 Å². The van der Waals surface area contributed by atoms with Crippen molar-refractivity contribution in [2.24, 2.45) is 4.99 Å². The third-order valence-electron chi connectivity index (χ3n) is 5.70. The third-order valence-corrected chi connectivity index (χ3v) is 5.70. The molecule has 0 amide bonds. The van der Waals surface area contributed by atoms with E-state index in [-0.39, 0.29) is 24.0 Å². The van der Waals surface area contributed by atoms with Crippen LogP contribution in [0.3, 0.4) is 0 Å². The number of halogens is 1. The Kier molecular flexibility index (Phi) is 12.7. The van der Waals surface area contributed by atoms with Crippen molar-refractivity contribution in [1.82, 2.24) is 15.5 Å². The molecular weight excluding hydrogens is 491 g/mol. The Morgan fingerprint density at radius 1 is 1.07 bits per heavy atom. The number of hydrogen-bond acceptors (Lipinski definition) is 4. The van der Waals surface area contributed by atoms with Crippen LogP contribution < -0.4 is 10.6 Å². The lowest BCUT2D eigenvalue weighted by molar-refractivity contribution is -0.0320. The summed E-state index contributed by atoms with van der Waals surface area (Å²) in [5.41, 5.74) is 2.68. The van der Waals surface area contributed by atoms with E-state index >= 15 is 0 Å². The van der Waals surface area contributed by atoms with Gasteiger partial charge in [-0.15, -0.1) is 24.0 Å². The summed E-state index contributed by atoms with van der Waals surface area (Å²) in [6, 6.07) is 8.97. The maximum atomic E-state index is 5.91. The first kappa shape index (κ1) is 25.4. The van der Waals surface area contributed by atoms with E-state index in [2.05, 4.69) is 44.8 Å². The molecule has 0 unspecified atom stereocenters. The predicted molar refractivity (Wildman–Crippen MR) is 134 cm³/mol. The van der Waals surface area contributed by atoms with Gasteiger partial charge < -0.3 is 20.1 Å². The zero-order valence-corrected chi connectivity index (χ0v) is 20.7. The van der Waals surface area contributed by atoms with Crippen LogP contribution in [0.4, 0.5) is 0 Å². The molecule has 0 aliphatic carbocycles. The Morgan fingerprint density at radius 2 is 1.77 bits per heavy atom. The standard InChI is InChI=1S/C23H38N4O2.HI/c1-24-23(25-12-5-15-29-22-10-16-28-17-11-22)26-18-20-6-8-21(9-7-20)19-27-13-3-2-4-14-27;/h6-9,22H,2-5,10-19H2,1H3,(H2,24,25,26);1H. The van der Waals surface area contributed by atoms with E-state index in [0.717, 1.165) is 64.7 Å². The first-order valence-electron chi connectivity index (χ1n) is 11.3. The molecule has 1 aromatic carbocycles. The first-order chi connectivity index (χ1) is 14.3. The number of hydrogen-bond donors (Lipinski definition) is 2. The van der Waals surface area contributed by atoms with Crippen molar-refractivity contribution < 1.29 is 9.47 Å². The van der Waals surface area contributed by atoms with E-state index in [9.17, 15) is 0 Å². The highest BCUT2D eigenvalue weighted by Gasteiger charge is 2.13. The summed E-state index contributed by atoms with van der Waals surface area (Å²) in [6.07, 6.45) is 7.47. The van der Waals surface area contributed by atoms with Gasteiger partial charge in [-0.05, 0) is 56.3 Å². The van der Waals surface area contributed by atoms with Gasteiger partial charge in [-0.1, -0.05) is 30.7 Å². The highest BCUT2D eigenvalue weighted by molar-refractivity contribution is 14.0. The van der Waals surface area contributed by atoms with Crippen LogP contribution in [0.15, 0.2) is 29.3 Å². The van der Waals surface area contributed by atoms with Crippen molar-refractivity contribution in [3.05, 3.63) is 35.4 Å².